The van der Waals surface area contributed by atoms with E-state index >= 15 is 0 Å². The minimum atomic E-state index is -0.292. The Morgan fingerprint density at radius 3 is 2.52 bits per heavy atom. The van der Waals surface area contributed by atoms with Gasteiger partial charge >= 0.3 is 6.09 Å². The summed E-state index contributed by atoms with van der Waals surface area (Å²) >= 11 is 1.74. The van der Waals surface area contributed by atoms with E-state index in [9.17, 15) is 4.79 Å². The highest BCUT2D eigenvalue weighted by atomic mass is 32.2. The summed E-state index contributed by atoms with van der Waals surface area (Å²) in [7, 11) is 0. The number of carbonyl (C=O) groups is 1. The van der Waals surface area contributed by atoms with E-state index in [2.05, 4.69) is 19.9 Å². The minimum absolute atomic E-state index is 0.292. The molecule has 0 bridgehead atoms. The molecule has 1 aromatic carbocycles. The number of rotatable bonds is 7. The second-order valence-electron chi connectivity index (χ2n) is 7.24. The predicted octanol–water partition coefficient (Wildman–Crippen LogP) is 3.52. The van der Waals surface area contributed by atoms with Crippen LogP contribution < -0.4 is 4.74 Å². The summed E-state index contributed by atoms with van der Waals surface area (Å²) in [4.78, 5) is 29.1. The number of aryl methyl sites for hydroxylation is 1. The molecule has 2 aromatic heterocycles. The van der Waals surface area contributed by atoms with Gasteiger partial charge in [-0.2, -0.15) is 0 Å². The lowest BCUT2D eigenvalue weighted by Crippen LogP contribution is -2.49. The van der Waals surface area contributed by atoms with Gasteiger partial charge in [0.05, 0.1) is 10.7 Å². The number of hydrogen-bond acceptors (Lipinski definition) is 7. The van der Waals surface area contributed by atoms with Gasteiger partial charge in [0.25, 0.3) is 0 Å². The average Bonchev–Trinajstić information content (AvgIpc) is 2.82. The molecule has 0 unspecified atom stereocenters. The molecule has 1 aliphatic rings. The highest BCUT2D eigenvalue weighted by Crippen LogP contribution is 2.19. The highest BCUT2D eigenvalue weighted by Gasteiger charge is 2.22. The van der Waals surface area contributed by atoms with E-state index in [4.69, 9.17) is 4.74 Å². The summed E-state index contributed by atoms with van der Waals surface area (Å²) in [5.74, 6) is 1.53. The summed E-state index contributed by atoms with van der Waals surface area (Å²) in [6.45, 7) is 3.66. The second-order valence-corrected chi connectivity index (χ2v) is 8.36. The third-order valence-electron chi connectivity index (χ3n) is 5.07. The molecule has 4 rings (SSSR count). The zero-order chi connectivity index (χ0) is 21.3. The van der Waals surface area contributed by atoms with Gasteiger partial charge in [0.15, 0.2) is 0 Å². The number of ether oxygens (including phenoxy) is 1. The molecule has 0 atom stereocenters. The van der Waals surface area contributed by atoms with Crippen molar-refractivity contribution in [2.75, 3.05) is 31.9 Å². The lowest BCUT2D eigenvalue weighted by molar-refractivity contribution is 0.107. The maximum atomic E-state index is 12.5. The standard InChI is InChI=1S/C23H25N5O2S/c29-23(28-14-12-27(13-15-28)17-20-8-11-24-18-26-20)30-21-6-4-19(5-7-21)9-16-31-22-3-1-2-10-25-22/h1-8,10-11,18H,9,12-17H2. The molecule has 3 aromatic rings. The van der Waals surface area contributed by atoms with Crippen LogP contribution in [0.5, 0.6) is 5.75 Å². The van der Waals surface area contributed by atoms with Gasteiger partial charge in [-0.3, -0.25) is 4.90 Å². The monoisotopic (exact) mass is 435 g/mol. The third-order valence-corrected chi connectivity index (χ3v) is 6.01. The van der Waals surface area contributed by atoms with E-state index in [0.29, 0.717) is 18.8 Å². The number of aromatic nitrogens is 3. The Hall–Kier alpha value is -2.97. The number of piperazine rings is 1. The lowest BCUT2D eigenvalue weighted by Gasteiger charge is -2.33. The van der Waals surface area contributed by atoms with Crippen LogP contribution in [0.1, 0.15) is 11.3 Å². The molecule has 3 heterocycles. The van der Waals surface area contributed by atoms with Crippen molar-refractivity contribution < 1.29 is 9.53 Å². The number of pyridine rings is 1. The van der Waals surface area contributed by atoms with Crippen LogP contribution in [0.3, 0.4) is 0 Å². The summed E-state index contributed by atoms with van der Waals surface area (Å²) in [5.41, 5.74) is 2.20. The minimum Gasteiger partial charge on any atom is -0.410 e. The van der Waals surface area contributed by atoms with E-state index in [1.807, 2.05) is 54.7 Å². The molecule has 1 fully saturated rings. The number of nitrogens with zero attached hydrogens (tertiary/aromatic N) is 5. The van der Waals surface area contributed by atoms with Crippen LogP contribution in [0.4, 0.5) is 4.79 Å². The Bertz CT molecular complexity index is 949. The van der Waals surface area contributed by atoms with Crippen molar-refractivity contribution in [2.24, 2.45) is 0 Å². The first-order chi connectivity index (χ1) is 15.3. The van der Waals surface area contributed by atoms with E-state index in [0.717, 1.165) is 42.5 Å². The molecule has 1 amide bonds. The van der Waals surface area contributed by atoms with Crippen LogP contribution in [0.2, 0.25) is 0 Å². The molecular weight excluding hydrogens is 410 g/mol. The van der Waals surface area contributed by atoms with Gasteiger partial charge in [-0.1, -0.05) is 18.2 Å². The molecule has 0 saturated carbocycles. The van der Waals surface area contributed by atoms with Crippen molar-refractivity contribution in [3.63, 3.8) is 0 Å². The van der Waals surface area contributed by atoms with E-state index in [-0.39, 0.29) is 6.09 Å². The van der Waals surface area contributed by atoms with Crippen molar-refractivity contribution in [3.8, 4) is 5.75 Å². The fourth-order valence-electron chi connectivity index (χ4n) is 3.32. The van der Waals surface area contributed by atoms with Gasteiger partial charge in [0, 0.05) is 50.9 Å². The summed E-state index contributed by atoms with van der Waals surface area (Å²) < 4.78 is 5.57. The zero-order valence-electron chi connectivity index (χ0n) is 17.3. The van der Waals surface area contributed by atoms with Gasteiger partial charge in [-0.25, -0.2) is 19.7 Å². The van der Waals surface area contributed by atoms with Crippen LogP contribution in [0.15, 0.2) is 72.3 Å². The maximum Gasteiger partial charge on any atom is 0.415 e. The van der Waals surface area contributed by atoms with E-state index < -0.39 is 0 Å². The van der Waals surface area contributed by atoms with Crippen LogP contribution in [-0.4, -0.2) is 62.8 Å². The average molecular weight is 436 g/mol. The fraction of sp³-hybridized carbons (Fsp3) is 0.304. The molecule has 31 heavy (non-hydrogen) atoms. The maximum absolute atomic E-state index is 12.5. The Kier molecular flexibility index (Phi) is 7.46. The molecule has 160 valence electrons. The van der Waals surface area contributed by atoms with Crippen molar-refractivity contribution in [2.45, 2.75) is 18.0 Å². The largest absolute Gasteiger partial charge is 0.415 e. The second kappa shape index (κ2) is 10.9. The first-order valence-electron chi connectivity index (χ1n) is 10.3. The first-order valence-corrected chi connectivity index (χ1v) is 11.3. The number of benzene rings is 1. The number of carbonyl (C=O) groups excluding carboxylic acids is 1. The van der Waals surface area contributed by atoms with Crippen molar-refractivity contribution in [1.29, 1.82) is 0 Å². The van der Waals surface area contributed by atoms with Crippen LogP contribution >= 0.6 is 11.8 Å². The molecule has 0 N–H and O–H groups in total. The summed E-state index contributed by atoms with van der Waals surface area (Å²) in [6.07, 6.45) is 5.77. The van der Waals surface area contributed by atoms with Crippen LogP contribution in [-0.2, 0) is 13.0 Å². The summed E-state index contributed by atoms with van der Waals surface area (Å²) in [6, 6.07) is 15.6. The zero-order valence-corrected chi connectivity index (χ0v) is 18.1. The van der Waals surface area contributed by atoms with Gasteiger partial charge in [-0.15, -0.1) is 11.8 Å². The lowest BCUT2D eigenvalue weighted by atomic mass is 10.2. The Labute approximate surface area is 186 Å². The van der Waals surface area contributed by atoms with Crippen molar-refractivity contribution in [3.05, 3.63) is 78.5 Å². The highest BCUT2D eigenvalue weighted by molar-refractivity contribution is 7.99. The van der Waals surface area contributed by atoms with E-state index in [1.165, 1.54) is 5.56 Å². The van der Waals surface area contributed by atoms with Gasteiger partial charge < -0.3 is 9.64 Å². The molecule has 7 nitrogen and oxygen atoms in total. The van der Waals surface area contributed by atoms with Gasteiger partial charge in [0.2, 0.25) is 0 Å². The SMILES string of the molecule is O=C(Oc1ccc(CCSc2ccccn2)cc1)N1CCN(Cc2ccncn2)CC1. The van der Waals surface area contributed by atoms with Crippen molar-refractivity contribution >= 4 is 17.9 Å². The number of thioether (sulfide) groups is 1. The molecule has 0 spiro atoms. The fourth-order valence-corrected chi connectivity index (χ4v) is 4.18. The molecule has 0 radical (unpaired) electrons. The quantitative estimate of drug-likeness (QED) is 0.526. The molecule has 8 heteroatoms. The topological polar surface area (TPSA) is 71.5 Å². The van der Waals surface area contributed by atoms with E-state index in [1.54, 1.807) is 29.2 Å². The molecule has 1 aliphatic heterocycles. The predicted molar refractivity (Wildman–Crippen MR) is 120 cm³/mol. The third kappa shape index (κ3) is 6.50. The Balaban J connectivity index is 1.19. The number of hydrogen-bond donors (Lipinski definition) is 0. The molecule has 1 saturated heterocycles. The van der Waals surface area contributed by atoms with Gasteiger partial charge in [0.1, 0.15) is 12.1 Å². The molecular formula is C23H25N5O2S. The molecule has 0 aliphatic carbocycles. The van der Waals surface area contributed by atoms with Crippen molar-refractivity contribution in [1.82, 2.24) is 24.8 Å². The smallest absolute Gasteiger partial charge is 0.410 e. The first kappa shape index (κ1) is 21.3. The normalized spacial score (nSPS) is 14.4. The Morgan fingerprint density at radius 2 is 1.81 bits per heavy atom. The van der Waals surface area contributed by atoms with Crippen LogP contribution in [0, 0.1) is 0 Å². The van der Waals surface area contributed by atoms with Crippen LogP contribution in [0.25, 0.3) is 0 Å². The Morgan fingerprint density at radius 1 is 0.968 bits per heavy atom. The van der Waals surface area contributed by atoms with Gasteiger partial charge in [-0.05, 0) is 42.3 Å². The number of amides is 1. The summed E-state index contributed by atoms with van der Waals surface area (Å²) in [5, 5.41) is 1.03.